The van der Waals surface area contributed by atoms with Crippen LogP contribution in [-0.2, 0) is 0 Å². The van der Waals surface area contributed by atoms with Crippen molar-refractivity contribution in [2.75, 3.05) is 32.8 Å². The number of nitrogens with one attached hydrogen (secondary N) is 1. The summed E-state index contributed by atoms with van der Waals surface area (Å²) in [6.07, 6.45) is 4.55. The van der Waals surface area contributed by atoms with E-state index in [1.807, 2.05) is 6.92 Å². The molecule has 3 rings (SSSR count). The van der Waals surface area contributed by atoms with Crippen molar-refractivity contribution in [1.29, 1.82) is 0 Å². The number of nitro benzene ring substituents is 1. The van der Waals surface area contributed by atoms with E-state index in [1.54, 1.807) is 0 Å². The smallest absolute Gasteiger partial charge is 0.269 e. The van der Waals surface area contributed by atoms with Gasteiger partial charge >= 0.3 is 0 Å². The summed E-state index contributed by atoms with van der Waals surface area (Å²) in [4.78, 5) is 17.2. The van der Waals surface area contributed by atoms with Gasteiger partial charge in [-0.05, 0) is 43.7 Å². The van der Waals surface area contributed by atoms with Gasteiger partial charge in [-0.3, -0.25) is 15.1 Å². The molecule has 8 nitrogen and oxygen atoms in total. The van der Waals surface area contributed by atoms with E-state index in [-0.39, 0.29) is 18.8 Å². The molecule has 1 aromatic carbocycles. The van der Waals surface area contributed by atoms with Crippen LogP contribution in [0.25, 0.3) is 0 Å². The summed E-state index contributed by atoms with van der Waals surface area (Å²) in [5, 5.41) is 24.2. The number of aliphatic hydroxyl groups excluding tert-OH is 1. The zero-order valence-electron chi connectivity index (χ0n) is 16.4. The number of aliphatic imine (C=N–C) groups is 1. The average Bonchev–Trinajstić information content (AvgIpc) is 3.14. The fourth-order valence-electron chi connectivity index (χ4n) is 4.11. The van der Waals surface area contributed by atoms with E-state index in [0.717, 1.165) is 37.4 Å². The topological polar surface area (TPSA) is 100 Å². The lowest BCUT2D eigenvalue weighted by Crippen LogP contribution is -2.41. The maximum absolute atomic E-state index is 10.7. The van der Waals surface area contributed by atoms with Crippen molar-refractivity contribution in [2.45, 2.75) is 38.7 Å². The molecule has 1 heterocycles. The highest BCUT2D eigenvalue weighted by Crippen LogP contribution is 2.35. The van der Waals surface area contributed by atoms with E-state index in [4.69, 9.17) is 4.74 Å². The molecule has 3 atom stereocenters. The highest BCUT2D eigenvalue weighted by molar-refractivity contribution is 5.80. The second kappa shape index (κ2) is 9.73. The molecular formula is C20H30N4O4. The first-order valence-electron chi connectivity index (χ1n) is 10.2. The van der Waals surface area contributed by atoms with Gasteiger partial charge in [-0.15, -0.1) is 0 Å². The Balaban J connectivity index is 1.50. The first-order chi connectivity index (χ1) is 13.6. The van der Waals surface area contributed by atoms with E-state index in [2.05, 4.69) is 15.2 Å². The Morgan fingerprint density at radius 2 is 1.96 bits per heavy atom. The molecule has 0 amide bonds. The molecule has 0 bridgehead atoms. The van der Waals surface area contributed by atoms with Gasteiger partial charge in [-0.2, -0.15) is 0 Å². The molecule has 2 N–H and O–H groups in total. The Morgan fingerprint density at radius 1 is 1.32 bits per heavy atom. The van der Waals surface area contributed by atoms with Crippen LogP contribution in [0.3, 0.4) is 0 Å². The van der Waals surface area contributed by atoms with E-state index in [0.29, 0.717) is 5.75 Å². The number of rotatable bonds is 7. The van der Waals surface area contributed by atoms with Gasteiger partial charge in [0, 0.05) is 31.8 Å². The van der Waals surface area contributed by atoms with Crippen LogP contribution in [0.1, 0.15) is 32.6 Å². The van der Waals surface area contributed by atoms with Crippen molar-refractivity contribution >= 4 is 11.6 Å². The fraction of sp³-hybridized carbons (Fsp3) is 0.650. The third-order valence-electron chi connectivity index (χ3n) is 5.55. The molecule has 1 aliphatic heterocycles. The van der Waals surface area contributed by atoms with Crippen LogP contribution in [0.4, 0.5) is 5.69 Å². The summed E-state index contributed by atoms with van der Waals surface area (Å²) in [6, 6.07) is 5.83. The Bertz CT molecular complexity index is 665. The summed E-state index contributed by atoms with van der Waals surface area (Å²) in [5.41, 5.74) is 0.0129. The van der Waals surface area contributed by atoms with Gasteiger partial charge in [0.2, 0.25) is 0 Å². The molecule has 1 saturated carbocycles. The number of likely N-dealkylation sites (tertiary alicyclic amines) is 1. The van der Waals surface area contributed by atoms with Crippen LogP contribution in [0.5, 0.6) is 5.75 Å². The maximum Gasteiger partial charge on any atom is 0.269 e. The van der Waals surface area contributed by atoms with E-state index >= 15 is 0 Å². The normalized spacial score (nSPS) is 23.2. The van der Waals surface area contributed by atoms with Crippen molar-refractivity contribution < 1.29 is 14.8 Å². The van der Waals surface area contributed by atoms with E-state index in [9.17, 15) is 15.2 Å². The van der Waals surface area contributed by atoms with Gasteiger partial charge in [0.15, 0.2) is 5.96 Å². The maximum atomic E-state index is 10.7. The number of benzene rings is 1. The molecule has 154 valence electrons. The second-order valence-corrected chi connectivity index (χ2v) is 7.62. The standard InChI is InChI=1S/C20H30N4O4/c1-2-21-20(23-12-15-5-3-4-6-16(15)13-23)22-11-18(25)14-28-19-9-7-17(8-10-19)24(26)27/h7-10,15-16,18,25H,2-6,11-14H2,1H3,(H,21,22). The SMILES string of the molecule is CCNC(=NCC(O)COc1ccc([N+](=O)[O-])cc1)N1CC2CCCCC2C1. The minimum Gasteiger partial charge on any atom is -0.491 e. The molecule has 8 heteroatoms. The van der Waals surface area contributed by atoms with Crippen LogP contribution in [0.15, 0.2) is 29.3 Å². The number of fused-ring (bicyclic) bond motifs is 1. The number of hydrogen-bond acceptors (Lipinski definition) is 5. The molecule has 0 spiro atoms. The molecule has 0 aromatic heterocycles. The third-order valence-corrected chi connectivity index (χ3v) is 5.55. The van der Waals surface area contributed by atoms with Crippen LogP contribution >= 0.6 is 0 Å². The quantitative estimate of drug-likeness (QED) is 0.321. The zero-order chi connectivity index (χ0) is 19.9. The lowest BCUT2D eigenvalue weighted by atomic mass is 9.82. The summed E-state index contributed by atoms with van der Waals surface area (Å²) in [7, 11) is 0. The lowest BCUT2D eigenvalue weighted by molar-refractivity contribution is -0.384. The Morgan fingerprint density at radius 3 is 2.54 bits per heavy atom. The molecule has 2 aliphatic rings. The zero-order valence-corrected chi connectivity index (χ0v) is 16.4. The van der Waals surface area contributed by atoms with Crippen molar-refractivity contribution in [3.05, 3.63) is 34.4 Å². The Labute approximate surface area is 165 Å². The molecule has 28 heavy (non-hydrogen) atoms. The molecule has 1 aliphatic carbocycles. The number of ether oxygens (including phenoxy) is 1. The van der Waals surface area contributed by atoms with E-state index < -0.39 is 11.0 Å². The predicted molar refractivity (Wildman–Crippen MR) is 108 cm³/mol. The van der Waals surface area contributed by atoms with Crippen molar-refractivity contribution in [1.82, 2.24) is 10.2 Å². The number of hydrogen-bond donors (Lipinski definition) is 2. The van der Waals surface area contributed by atoms with Crippen LogP contribution in [-0.4, -0.2) is 59.8 Å². The van der Waals surface area contributed by atoms with Gasteiger partial charge in [-0.25, -0.2) is 0 Å². The molecule has 0 radical (unpaired) electrons. The Hall–Kier alpha value is -2.35. The van der Waals surface area contributed by atoms with Crippen LogP contribution < -0.4 is 10.1 Å². The van der Waals surface area contributed by atoms with Gasteiger partial charge in [0.1, 0.15) is 18.5 Å². The number of nitrogens with zero attached hydrogens (tertiary/aromatic N) is 3. The minimum atomic E-state index is -0.742. The fourth-order valence-corrected chi connectivity index (χ4v) is 4.11. The van der Waals surface area contributed by atoms with Crippen LogP contribution in [0.2, 0.25) is 0 Å². The monoisotopic (exact) mass is 390 g/mol. The largest absolute Gasteiger partial charge is 0.491 e. The lowest BCUT2D eigenvalue weighted by Gasteiger charge is -2.22. The number of nitro groups is 1. The molecule has 1 saturated heterocycles. The number of guanidine groups is 1. The van der Waals surface area contributed by atoms with Crippen molar-refractivity contribution in [3.8, 4) is 5.75 Å². The molecule has 3 unspecified atom stereocenters. The molecule has 2 fully saturated rings. The average molecular weight is 390 g/mol. The summed E-state index contributed by atoms with van der Waals surface area (Å²) >= 11 is 0. The van der Waals surface area contributed by atoms with Gasteiger partial charge in [0.25, 0.3) is 5.69 Å². The third kappa shape index (κ3) is 5.34. The minimum absolute atomic E-state index is 0.0129. The molecule has 1 aromatic rings. The van der Waals surface area contributed by atoms with Gasteiger partial charge in [0.05, 0.1) is 11.5 Å². The van der Waals surface area contributed by atoms with E-state index in [1.165, 1.54) is 49.9 Å². The summed E-state index contributed by atoms with van der Waals surface area (Å²) < 4.78 is 5.52. The summed E-state index contributed by atoms with van der Waals surface area (Å²) in [6.45, 7) is 5.28. The highest BCUT2D eigenvalue weighted by Gasteiger charge is 2.35. The summed E-state index contributed by atoms with van der Waals surface area (Å²) in [5.74, 6) is 2.90. The van der Waals surface area contributed by atoms with Crippen molar-refractivity contribution in [3.63, 3.8) is 0 Å². The second-order valence-electron chi connectivity index (χ2n) is 7.62. The first-order valence-corrected chi connectivity index (χ1v) is 10.2. The highest BCUT2D eigenvalue weighted by atomic mass is 16.6. The predicted octanol–water partition coefficient (Wildman–Crippen LogP) is 2.42. The van der Waals surface area contributed by atoms with Crippen molar-refractivity contribution in [2.24, 2.45) is 16.8 Å². The first kappa shape index (κ1) is 20.4. The van der Waals surface area contributed by atoms with Crippen LogP contribution in [0, 0.1) is 22.0 Å². The van der Waals surface area contributed by atoms with Gasteiger partial charge in [-0.1, -0.05) is 12.8 Å². The van der Waals surface area contributed by atoms with Gasteiger partial charge < -0.3 is 20.1 Å². The number of non-ortho nitro benzene ring substituents is 1. The number of aliphatic hydroxyl groups is 1. The molecular weight excluding hydrogens is 360 g/mol. The Kier molecular flexibility index (Phi) is 7.08.